The van der Waals surface area contributed by atoms with Crippen LogP contribution in [0.1, 0.15) is 17.9 Å². The van der Waals surface area contributed by atoms with Gasteiger partial charge in [0.25, 0.3) is 0 Å². The number of aliphatic hydroxyl groups is 1. The largest absolute Gasteiger partial charge is 0.394 e. The molecule has 0 radical (unpaired) electrons. The minimum absolute atomic E-state index is 0.0642. The Balaban J connectivity index is 1.84. The van der Waals surface area contributed by atoms with E-state index in [-0.39, 0.29) is 12.1 Å². The van der Waals surface area contributed by atoms with Crippen molar-refractivity contribution in [2.75, 3.05) is 18.5 Å². The fraction of sp³-hybridized carbons (Fsp3) is 0.294. The summed E-state index contributed by atoms with van der Waals surface area (Å²) >= 11 is 0. The molecule has 2 atom stereocenters. The molecule has 0 saturated heterocycles. The van der Waals surface area contributed by atoms with Gasteiger partial charge < -0.3 is 10.4 Å². The first-order valence-electron chi connectivity index (χ1n) is 7.30. The van der Waals surface area contributed by atoms with Crippen LogP contribution >= 0.6 is 0 Å². The van der Waals surface area contributed by atoms with Gasteiger partial charge in [0.05, 0.1) is 18.9 Å². The minimum atomic E-state index is -0.239. The zero-order chi connectivity index (χ0) is 14.3. The zero-order valence-electron chi connectivity index (χ0n) is 11.7. The Morgan fingerprint density at radius 3 is 3.14 bits per heavy atom. The quantitative estimate of drug-likeness (QED) is 0.872. The second kappa shape index (κ2) is 4.67. The van der Waals surface area contributed by atoms with Gasteiger partial charge in [-0.05, 0) is 17.7 Å². The molecule has 0 bridgehead atoms. The number of nitrogens with one attached hydrogen (secondary N) is 1. The van der Waals surface area contributed by atoms with Crippen LogP contribution in [0.25, 0.3) is 0 Å². The summed E-state index contributed by atoms with van der Waals surface area (Å²) in [6.07, 6.45) is 9.16. The van der Waals surface area contributed by atoms with Crippen LogP contribution in [0, 0.1) is 0 Å². The first-order valence-corrected chi connectivity index (χ1v) is 7.30. The lowest BCUT2D eigenvalue weighted by Gasteiger charge is -2.38. The van der Waals surface area contributed by atoms with Crippen LogP contribution in [0.15, 0.2) is 58.6 Å². The first-order chi connectivity index (χ1) is 10.3. The molecule has 2 heterocycles. The van der Waals surface area contributed by atoms with E-state index in [0.29, 0.717) is 12.5 Å². The maximum Gasteiger partial charge on any atom is 0.124 e. The SMILES string of the molecule is OCCN=C1CC2c3ccccc3NC23C=CC=CC3=N1. The van der Waals surface area contributed by atoms with E-state index in [4.69, 9.17) is 10.1 Å². The van der Waals surface area contributed by atoms with Crippen molar-refractivity contribution in [3.8, 4) is 0 Å². The fourth-order valence-electron chi connectivity index (χ4n) is 3.49. The van der Waals surface area contributed by atoms with Crippen molar-refractivity contribution in [2.24, 2.45) is 9.98 Å². The average Bonchev–Trinajstić information content (AvgIpc) is 2.84. The van der Waals surface area contributed by atoms with E-state index in [0.717, 1.165) is 18.0 Å². The molecule has 1 aliphatic carbocycles. The molecule has 1 aromatic carbocycles. The van der Waals surface area contributed by atoms with Gasteiger partial charge in [0, 0.05) is 18.0 Å². The summed E-state index contributed by atoms with van der Waals surface area (Å²) in [7, 11) is 0. The molecular formula is C17H17N3O. The van der Waals surface area contributed by atoms with Crippen molar-refractivity contribution in [3.63, 3.8) is 0 Å². The summed E-state index contributed by atoms with van der Waals surface area (Å²) in [6, 6.07) is 8.44. The van der Waals surface area contributed by atoms with Gasteiger partial charge >= 0.3 is 0 Å². The van der Waals surface area contributed by atoms with Crippen LogP contribution < -0.4 is 5.32 Å². The summed E-state index contributed by atoms with van der Waals surface area (Å²) < 4.78 is 0. The summed E-state index contributed by atoms with van der Waals surface area (Å²) in [6.45, 7) is 0.481. The van der Waals surface area contributed by atoms with Crippen LogP contribution in [0.2, 0.25) is 0 Å². The molecule has 3 aliphatic rings. The predicted molar refractivity (Wildman–Crippen MR) is 85.3 cm³/mol. The smallest absolute Gasteiger partial charge is 0.124 e. The topological polar surface area (TPSA) is 57.0 Å². The molecule has 0 saturated carbocycles. The Kier molecular flexibility index (Phi) is 2.79. The normalized spacial score (nSPS) is 30.4. The van der Waals surface area contributed by atoms with Crippen LogP contribution in [-0.2, 0) is 0 Å². The number of para-hydroxylation sites is 1. The third-order valence-corrected chi connectivity index (χ3v) is 4.41. The Bertz CT molecular complexity index is 702. The molecule has 106 valence electrons. The lowest BCUT2D eigenvalue weighted by molar-refractivity contribution is 0.306. The highest BCUT2D eigenvalue weighted by molar-refractivity contribution is 6.16. The number of amidine groups is 1. The monoisotopic (exact) mass is 279 g/mol. The summed E-state index contributed by atoms with van der Waals surface area (Å²) in [5.41, 5.74) is 3.27. The number of allylic oxidation sites excluding steroid dienone is 2. The van der Waals surface area contributed by atoms with E-state index in [1.165, 1.54) is 11.3 Å². The Morgan fingerprint density at radius 1 is 1.33 bits per heavy atom. The highest BCUT2D eigenvalue weighted by Crippen LogP contribution is 2.49. The van der Waals surface area contributed by atoms with Gasteiger partial charge in [0.2, 0.25) is 0 Å². The Morgan fingerprint density at radius 2 is 2.24 bits per heavy atom. The van der Waals surface area contributed by atoms with Crippen molar-refractivity contribution in [2.45, 2.75) is 17.9 Å². The number of aliphatic imine (C=N–C) groups is 2. The van der Waals surface area contributed by atoms with E-state index >= 15 is 0 Å². The lowest BCUT2D eigenvalue weighted by atomic mass is 9.73. The summed E-state index contributed by atoms with van der Waals surface area (Å²) in [5, 5.41) is 12.6. The molecule has 4 nitrogen and oxygen atoms in total. The number of fused-ring (bicyclic) bond motifs is 2. The average molecular weight is 279 g/mol. The molecule has 4 heteroatoms. The number of benzene rings is 1. The van der Waals surface area contributed by atoms with E-state index in [9.17, 15) is 0 Å². The van der Waals surface area contributed by atoms with E-state index in [1.54, 1.807) is 0 Å². The van der Waals surface area contributed by atoms with Gasteiger partial charge in [-0.25, -0.2) is 4.99 Å². The van der Waals surface area contributed by atoms with E-state index < -0.39 is 0 Å². The Labute approximate surface area is 123 Å². The number of anilines is 1. The molecule has 1 spiro atoms. The second-order valence-electron chi connectivity index (χ2n) is 5.57. The maximum atomic E-state index is 8.98. The molecule has 2 N–H and O–H groups in total. The third-order valence-electron chi connectivity index (χ3n) is 4.41. The lowest BCUT2D eigenvalue weighted by Crippen LogP contribution is -2.49. The van der Waals surface area contributed by atoms with Crippen molar-refractivity contribution in [3.05, 3.63) is 54.1 Å². The van der Waals surface area contributed by atoms with E-state index in [2.05, 4.69) is 52.8 Å². The number of rotatable bonds is 2. The predicted octanol–water partition coefficient (Wildman–Crippen LogP) is 2.30. The second-order valence-corrected chi connectivity index (χ2v) is 5.57. The summed E-state index contributed by atoms with van der Waals surface area (Å²) in [5.74, 6) is 1.14. The van der Waals surface area contributed by atoms with Crippen LogP contribution in [0.3, 0.4) is 0 Å². The maximum absolute atomic E-state index is 8.98. The van der Waals surface area contributed by atoms with Crippen molar-refractivity contribution in [1.82, 2.24) is 0 Å². The van der Waals surface area contributed by atoms with Crippen molar-refractivity contribution in [1.29, 1.82) is 0 Å². The molecule has 4 rings (SSSR count). The highest BCUT2D eigenvalue weighted by atomic mass is 16.3. The van der Waals surface area contributed by atoms with Gasteiger partial charge in [-0.3, -0.25) is 4.99 Å². The van der Waals surface area contributed by atoms with Crippen LogP contribution in [0.5, 0.6) is 0 Å². The van der Waals surface area contributed by atoms with Gasteiger partial charge in [-0.15, -0.1) is 0 Å². The van der Waals surface area contributed by atoms with Gasteiger partial charge in [0.1, 0.15) is 11.4 Å². The minimum Gasteiger partial charge on any atom is -0.394 e. The van der Waals surface area contributed by atoms with Gasteiger partial charge in [0.15, 0.2) is 0 Å². The first kappa shape index (κ1) is 12.5. The molecule has 0 amide bonds. The zero-order valence-corrected chi connectivity index (χ0v) is 11.7. The number of hydrogen-bond acceptors (Lipinski definition) is 3. The van der Waals surface area contributed by atoms with E-state index in [1.807, 2.05) is 6.08 Å². The van der Waals surface area contributed by atoms with Gasteiger partial charge in [-0.1, -0.05) is 36.4 Å². The summed E-state index contributed by atoms with van der Waals surface area (Å²) in [4.78, 5) is 9.13. The number of aliphatic hydroxyl groups excluding tert-OH is 1. The van der Waals surface area contributed by atoms with Crippen LogP contribution in [0.4, 0.5) is 5.69 Å². The molecule has 2 aliphatic heterocycles. The molecule has 1 aromatic rings. The van der Waals surface area contributed by atoms with Gasteiger partial charge in [-0.2, -0.15) is 0 Å². The molecule has 21 heavy (non-hydrogen) atoms. The van der Waals surface area contributed by atoms with Crippen molar-refractivity contribution < 1.29 is 5.11 Å². The Hall–Kier alpha value is -2.20. The fourth-order valence-corrected chi connectivity index (χ4v) is 3.49. The van der Waals surface area contributed by atoms with Crippen LogP contribution in [-0.4, -0.2) is 35.3 Å². The molecular weight excluding hydrogens is 262 g/mol. The highest BCUT2D eigenvalue weighted by Gasteiger charge is 2.50. The molecule has 0 fully saturated rings. The number of nitrogens with zero attached hydrogens (tertiary/aromatic N) is 2. The number of hydrogen-bond donors (Lipinski definition) is 2. The standard InChI is InChI=1S/C17H17N3O/c21-10-9-18-16-11-13-12-5-1-2-6-14(12)20-17(13)8-4-3-7-15(17)19-16/h1-8,13,20-21H,9-11H2. The third kappa shape index (κ3) is 1.79. The van der Waals surface area contributed by atoms with Crippen molar-refractivity contribution >= 4 is 17.2 Å². The molecule has 2 unspecified atom stereocenters. The molecule has 0 aromatic heterocycles.